The van der Waals surface area contributed by atoms with Crippen LogP contribution >= 0.6 is 0 Å². The first-order valence-corrected chi connectivity index (χ1v) is 10.4. The van der Waals surface area contributed by atoms with Gasteiger partial charge in [-0.2, -0.15) is 0 Å². The monoisotopic (exact) mass is 443 g/mol. The number of nitrogens with two attached hydrogens (primary N) is 1. The summed E-state index contributed by atoms with van der Waals surface area (Å²) in [4.78, 5) is 36.7. The quantitative estimate of drug-likeness (QED) is 0.273. The summed E-state index contributed by atoms with van der Waals surface area (Å²) in [7, 11) is 0. The molecular formula is C23H29N3O6. The van der Waals surface area contributed by atoms with Gasteiger partial charge in [-0.3, -0.25) is 4.79 Å². The summed E-state index contributed by atoms with van der Waals surface area (Å²) < 4.78 is 5.30. The molecule has 0 saturated carbocycles. The van der Waals surface area contributed by atoms with Crippen molar-refractivity contribution >= 4 is 18.0 Å². The summed E-state index contributed by atoms with van der Waals surface area (Å²) in [5.74, 6) is -2.49. The fraction of sp³-hybridized carbons (Fsp3) is 0.348. The lowest BCUT2D eigenvalue weighted by Crippen LogP contribution is -2.58. The topological polar surface area (TPSA) is 142 Å². The summed E-state index contributed by atoms with van der Waals surface area (Å²) in [5, 5.41) is 20.2. The summed E-state index contributed by atoms with van der Waals surface area (Å²) in [6.45, 7) is 0.299. The molecule has 0 heterocycles. The second-order valence-electron chi connectivity index (χ2n) is 7.26. The molecule has 9 nitrogen and oxygen atoms in total. The number of carboxylic acid groups (broad SMARTS) is 2. The molecule has 0 spiro atoms. The highest BCUT2D eigenvalue weighted by atomic mass is 16.6. The number of amides is 1. The maximum atomic E-state index is 12.9. The van der Waals surface area contributed by atoms with Gasteiger partial charge in [0.2, 0.25) is 0 Å². The molecule has 2 aromatic rings. The molecule has 0 aromatic heterocycles. The zero-order chi connectivity index (χ0) is 23.3. The second-order valence-corrected chi connectivity index (χ2v) is 7.26. The minimum atomic E-state index is -1.32. The number of benzene rings is 2. The molecule has 0 radical (unpaired) electrons. The number of carbonyl (C=O) groups excluding carboxylic acids is 1. The van der Waals surface area contributed by atoms with Gasteiger partial charge in [0.05, 0.1) is 0 Å². The van der Waals surface area contributed by atoms with Gasteiger partial charge in [0.1, 0.15) is 18.7 Å². The third-order valence-electron chi connectivity index (χ3n) is 4.81. The Labute approximate surface area is 186 Å². The van der Waals surface area contributed by atoms with Gasteiger partial charge in [-0.1, -0.05) is 60.7 Å². The predicted octanol–water partition coefficient (Wildman–Crippen LogP) is 2.41. The lowest BCUT2D eigenvalue weighted by molar-refractivity contribution is -0.148. The number of hydrogen-bond donors (Lipinski definition) is 4. The first kappa shape index (κ1) is 24.8. The summed E-state index contributed by atoms with van der Waals surface area (Å²) in [6, 6.07) is 15.2. The molecule has 32 heavy (non-hydrogen) atoms. The van der Waals surface area contributed by atoms with Gasteiger partial charge in [-0.25, -0.2) is 20.0 Å². The average Bonchev–Trinajstić information content (AvgIpc) is 2.79. The Morgan fingerprint density at radius 1 is 0.906 bits per heavy atom. The van der Waals surface area contributed by atoms with Crippen molar-refractivity contribution in [3.05, 3.63) is 71.8 Å². The van der Waals surface area contributed by atoms with Crippen LogP contribution in [0.2, 0.25) is 0 Å². The Morgan fingerprint density at radius 3 is 2.03 bits per heavy atom. The zero-order valence-corrected chi connectivity index (χ0v) is 17.7. The highest BCUT2D eigenvalue weighted by Gasteiger charge is 2.34. The van der Waals surface area contributed by atoms with E-state index in [0.717, 1.165) is 16.1 Å². The van der Waals surface area contributed by atoms with Gasteiger partial charge in [-0.05, 0) is 36.9 Å². The summed E-state index contributed by atoms with van der Waals surface area (Å²) >= 11 is 0. The van der Waals surface area contributed by atoms with E-state index >= 15 is 0 Å². The van der Waals surface area contributed by atoms with Crippen molar-refractivity contribution < 1.29 is 29.3 Å². The van der Waals surface area contributed by atoms with E-state index in [1.165, 1.54) is 0 Å². The maximum absolute atomic E-state index is 12.9. The van der Waals surface area contributed by atoms with Gasteiger partial charge in [-0.15, -0.1) is 0 Å². The Bertz CT molecular complexity index is 863. The van der Waals surface area contributed by atoms with E-state index < -0.39 is 30.1 Å². The van der Waals surface area contributed by atoms with E-state index in [9.17, 15) is 24.6 Å². The molecule has 9 heteroatoms. The van der Waals surface area contributed by atoms with E-state index in [-0.39, 0.29) is 19.4 Å². The largest absolute Gasteiger partial charge is 0.480 e. The lowest BCUT2D eigenvalue weighted by Gasteiger charge is -2.31. The van der Waals surface area contributed by atoms with Gasteiger partial charge < -0.3 is 20.7 Å². The first-order chi connectivity index (χ1) is 15.4. The Hall–Kier alpha value is -3.43. The molecule has 0 bridgehead atoms. The molecule has 0 fully saturated rings. The fourth-order valence-electron chi connectivity index (χ4n) is 3.11. The van der Waals surface area contributed by atoms with E-state index in [1.807, 2.05) is 6.07 Å². The number of aliphatic carboxylic acids is 2. The molecule has 2 atom stereocenters. The molecule has 2 aromatic carbocycles. The van der Waals surface area contributed by atoms with Crippen LogP contribution in [0.25, 0.3) is 0 Å². The smallest absolute Gasteiger partial charge is 0.425 e. The van der Waals surface area contributed by atoms with Crippen molar-refractivity contribution in [1.29, 1.82) is 0 Å². The van der Waals surface area contributed by atoms with Crippen molar-refractivity contribution in [3.8, 4) is 0 Å². The van der Waals surface area contributed by atoms with Crippen molar-refractivity contribution in [1.82, 2.24) is 10.4 Å². The van der Waals surface area contributed by atoms with Crippen molar-refractivity contribution in [2.75, 3.05) is 6.54 Å². The third-order valence-corrected chi connectivity index (χ3v) is 4.81. The van der Waals surface area contributed by atoms with E-state index in [2.05, 4.69) is 5.43 Å². The first-order valence-electron chi connectivity index (χ1n) is 10.4. The number of carboxylic acids is 2. The van der Waals surface area contributed by atoms with Crippen LogP contribution in [0.1, 0.15) is 30.4 Å². The van der Waals surface area contributed by atoms with Crippen LogP contribution in [0.3, 0.4) is 0 Å². The van der Waals surface area contributed by atoms with E-state index in [4.69, 9.17) is 10.5 Å². The van der Waals surface area contributed by atoms with Crippen molar-refractivity contribution in [3.63, 3.8) is 0 Å². The van der Waals surface area contributed by atoms with Gasteiger partial charge in [0.25, 0.3) is 0 Å². The third kappa shape index (κ3) is 8.01. The molecule has 0 aliphatic heterocycles. The Kier molecular flexibility index (Phi) is 10.2. The molecule has 1 amide bonds. The predicted molar refractivity (Wildman–Crippen MR) is 118 cm³/mol. The minimum Gasteiger partial charge on any atom is -0.480 e. The number of rotatable bonds is 13. The molecule has 0 unspecified atom stereocenters. The van der Waals surface area contributed by atoms with Crippen LogP contribution in [0.5, 0.6) is 0 Å². The summed E-state index contributed by atoms with van der Waals surface area (Å²) in [5.41, 5.74) is 9.53. The van der Waals surface area contributed by atoms with Crippen molar-refractivity contribution in [2.24, 2.45) is 5.73 Å². The number of hydrazine groups is 1. The molecular weight excluding hydrogens is 414 g/mol. The zero-order valence-electron chi connectivity index (χ0n) is 17.7. The molecule has 0 aliphatic rings. The van der Waals surface area contributed by atoms with Crippen LogP contribution < -0.4 is 11.2 Å². The van der Waals surface area contributed by atoms with Crippen LogP contribution in [0.4, 0.5) is 4.79 Å². The molecule has 0 aliphatic carbocycles. The molecule has 0 saturated heterocycles. The highest BCUT2D eigenvalue weighted by molar-refractivity contribution is 5.80. The maximum Gasteiger partial charge on any atom is 0.425 e. The summed E-state index contributed by atoms with van der Waals surface area (Å²) in [6.07, 6.45) is 0.205. The molecule has 5 N–H and O–H groups in total. The minimum absolute atomic E-state index is 0.0494. The van der Waals surface area contributed by atoms with Gasteiger partial charge in [0.15, 0.2) is 0 Å². The number of unbranched alkanes of at least 4 members (excludes halogenated alkanes) is 1. The standard InChI is InChI=1S/C23H29N3O6/c24-14-8-7-13-20(22(29)30)26(23(31)32-16-18-11-5-2-6-12-18)25-19(21(27)28)15-17-9-3-1-4-10-17/h1-6,9-12,19-20,25H,7-8,13-16,24H2,(H,27,28)(H,29,30)/t19-,20-/m0/s1. The number of carbonyl (C=O) groups is 3. The number of nitrogens with one attached hydrogen (secondary N) is 1. The van der Waals surface area contributed by atoms with Crippen LogP contribution in [-0.2, 0) is 27.4 Å². The van der Waals surface area contributed by atoms with Crippen LogP contribution in [-0.4, -0.2) is 51.9 Å². The van der Waals surface area contributed by atoms with Crippen LogP contribution in [0, 0.1) is 0 Å². The fourth-order valence-corrected chi connectivity index (χ4v) is 3.11. The van der Waals surface area contributed by atoms with Gasteiger partial charge >= 0.3 is 18.0 Å². The lowest BCUT2D eigenvalue weighted by atomic mass is 10.1. The number of ether oxygens (including phenoxy) is 1. The van der Waals surface area contributed by atoms with Gasteiger partial charge in [0, 0.05) is 6.42 Å². The van der Waals surface area contributed by atoms with Crippen LogP contribution in [0.15, 0.2) is 60.7 Å². The second kappa shape index (κ2) is 13.1. The van der Waals surface area contributed by atoms with E-state index in [1.54, 1.807) is 54.6 Å². The SMILES string of the molecule is NCCCC[C@@H](C(=O)O)N(N[C@@H](Cc1ccccc1)C(=O)O)C(=O)OCc1ccccc1. The normalized spacial score (nSPS) is 12.5. The van der Waals surface area contributed by atoms with E-state index in [0.29, 0.717) is 19.4 Å². The Morgan fingerprint density at radius 2 is 1.50 bits per heavy atom. The Balaban J connectivity index is 2.22. The molecule has 172 valence electrons. The number of nitrogens with zero attached hydrogens (tertiary/aromatic N) is 1. The van der Waals surface area contributed by atoms with Crippen molar-refractivity contribution in [2.45, 2.75) is 44.4 Å². The average molecular weight is 444 g/mol. The highest BCUT2D eigenvalue weighted by Crippen LogP contribution is 2.13. The number of hydrogen-bond acceptors (Lipinski definition) is 6. The molecule has 2 rings (SSSR count).